The van der Waals surface area contributed by atoms with Gasteiger partial charge in [0.1, 0.15) is 0 Å². The molecule has 0 heterocycles. The summed E-state index contributed by atoms with van der Waals surface area (Å²) in [5, 5.41) is 13.2. The third-order valence-corrected chi connectivity index (χ3v) is 2.49. The van der Waals surface area contributed by atoms with Gasteiger partial charge in [-0.1, -0.05) is 13.8 Å². The molecule has 0 aromatic heterocycles. The van der Waals surface area contributed by atoms with Crippen molar-refractivity contribution in [2.24, 2.45) is 11.8 Å². The van der Waals surface area contributed by atoms with Crippen LogP contribution in [0.25, 0.3) is 0 Å². The third-order valence-electron chi connectivity index (χ3n) is 2.49. The highest BCUT2D eigenvalue weighted by Crippen LogP contribution is 2.38. The summed E-state index contributed by atoms with van der Waals surface area (Å²) in [5.41, 5.74) is -0.463. The van der Waals surface area contributed by atoms with Gasteiger partial charge in [-0.25, -0.2) is 0 Å². The van der Waals surface area contributed by atoms with Crippen molar-refractivity contribution in [2.75, 3.05) is 13.1 Å². The molecule has 1 aliphatic carbocycles. The van der Waals surface area contributed by atoms with Gasteiger partial charge in [0.05, 0.1) is 5.60 Å². The first-order chi connectivity index (χ1) is 5.52. The minimum absolute atomic E-state index is 0.463. The lowest BCUT2D eigenvalue weighted by Crippen LogP contribution is -2.40. The van der Waals surface area contributed by atoms with Crippen LogP contribution in [0, 0.1) is 11.8 Å². The fourth-order valence-electron chi connectivity index (χ4n) is 1.46. The van der Waals surface area contributed by atoms with E-state index >= 15 is 0 Å². The molecule has 2 heteroatoms. The van der Waals surface area contributed by atoms with Gasteiger partial charge in [-0.05, 0) is 38.1 Å². The second-order valence-electron chi connectivity index (χ2n) is 4.66. The normalized spacial score (nSPS) is 22.8. The van der Waals surface area contributed by atoms with Gasteiger partial charge in [0, 0.05) is 6.54 Å². The Hall–Kier alpha value is -0.0800. The summed E-state index contributed by atoms with van der Waals surface area (Å²) < 4.78 is 0. The van der Waals surface area contributed by atoms with Gasteiger partial charge in [-0.15, -0.1) is 0 Å². The summed E-state index contributed by atoms with van der Waals surface area (Å²) in [7, 11) is 0. The van der Waals surface area contributed by atoms with Gasteiger partial charge in [0.25, 0.3) is 0 Å². The number of hydrogen-bond donors (Lipinski definition) is 2. The van der Waals surface area contributed by atoms with E-state index in [0.717, 1.165) is 13.1 Å². The highest BCUT2D eigenvalue weighted by Gasteiger charge is 2.39. The first-order valence-corrected chi connectivity index (χ1v) is 4.95. The molecule has 1 rings (SSSR count). The molecule has 1 fully saturated rings. The predicted molar refractivity (Wildman–Crippen MR) is 51.1 cm³/mol. The van der Waals surface area contributed by atoms with E-state index in [1.807, 2.05) is 6.92 Å². The Morgan fingerprint density at radius 1 is 1.50 bits per heavy atom. The third kappa shape index (κ3) is 3.11. The molecule has 0 saturated heterocycles. The lowest BCUT2D eigenvalue weighted by Gasteiger charge is -2.23. The molecule has 1 atom stereocenters. The predicted octanol–water partition coefficient (Wildman–Crippen LogP) is 1.39. The van der Waals surface area contributed by atoms with E-state index in [9.17, 15) is 5.11 Å². The van der Waals surface area contributed by atoms with Crippen LogP contribution < -0.4 is 5.32 Å². The molecule has 0 radical (unpaired) electrons. The largest absolute Gasteiger partial charge is 0.389 e. The topological polar surface area (TPSA) is 32.3 Å². The van der Waals surface area contributed by atoms with Crippen molar-refractivity contribution in [1.82, 2.24) is 5.32 Å². The highest BCUT2D eigenvalue weighted by molar-refractivity contribution is 4.92. The second kappa shape index (κ2) is 3.75. The van der Waals surface area contributed by atoms with Crippen LogP contribution in [0.5, 0.6) is 0 Å². The molecule has 0 bridgehead atoms. The maximum absolute atomic E-state index is 9.90. The molecule has 1 unspecified atom stereocenters. The molecule has 0 aromatic rings. The summed E-state index contributed by atoms with van der Waals surface area (Å²) in [6, 6.07) is 0. The molecule has 72 valence electrons. The van der Waals surface area contributed by atoms with Crippen LogP contribution in [-0.2, 0) is 0 Å². The second-order valence-corrected chi connectivity index (χ2v) is 4.66. The van der Waals surface area contributed by atoms with Crippen LogP contribution >= 0.6 is 0 Å². The van der Waals surface area contributed by atoms with Crippen LogP contribution in [0.4, 0.5) is 0 Å². The zero-order valence-corrected chi connectivity index (χ0v) is 8.43. The van der Waals surface area contributed by atoms with E-state index in [-0.39, 0.29) is 0 Å². The molecule has 1 saturated carbocycles. The Morgan fingerprint density at radius 2 is 2.08 bits per heavy atom. The quantitative estimate of drug-likeness (QED) is 0.655. The van der Waals surface area contributed by atoms with Crippen molar-refractivity contribution < 1.29 is 5.11 Å². The Kier molecular flexibility index (Phi) is 3.13. The average Bonchev–Trinajstić information content (AvgIpc) is 2.65. The number of aliphatic hydroxyl groups is 1. The fraction of sp³-hybridized carbons (Fsp3) is 1.00. The molecule has 2 nitrogen and oxygen atoms in total. The van der Waals surface area contributed by atoms with Crippen molar-refractivity contribution in [3.8, 4) is 0 Å². The molecule has 0 spiro atoms. The number of hydrogen-bond acceptors (Lipinski definition) is 2. The molecule has 0 aromatic carbocycles. The van der Waals surface area contributed by atoms with Gasteiger partial charge in [-0.2, -0.15) is 0 Å². The van der Waals surface area contributed by atoms with Gasteiger partial charge in [-0.3, -0.25) is 0 Å². The van der Waals surface area contributed by atoms with Gasteiger partial charge in [0.2, 0.25) is 0 Å². The van der Waals surface area contributed by atoms with E-state index in [0.29, 0.717) is 11.8 Å². The van der Waals surface area contributed by atoms with Crippen molar-refractivity contribution in [3.05, 3.63) is 0 Å². The summed E-state index contributed by atoms with van der Waals surface area (Å²) in [6.07, 6.45) is 2.41. The van der Waals surface area contributed by atoms with Gasteiger partial charge >= 0.3 is 0 Å². The van der Waals surface area contributed by atoms with E-state index < -0.39 is 5.60 Å². The summed E-state index contributed by atoms with van der Waals surface area (Å²) in [6.45, 7) is 8.05. The first-order valence-electron chi connectivity index (χ1n) is 4.95. The zero-order valence-electron chi connectivity index (χ0n) is 8.43. The molecule has 0 amide bonds. The summed E-state index contributed by atoms with van der Waals surface area (Å²) >= 11 is 0. The standard InChI is InChI=1S/C10H21NO/c1-8(2)6-11-7-10(3,12)9-4-5-9/h8-9,11-12H,4-7H2,1-3H3. The van der Waals surface area contributed by atoms with Crippen molar-refractivity contribution in [1.29, 1.82) is 0 Å². The maximum atomic E-state index is 9.90. The number of rotatable bonds is 5. The van der Waals surface area contributed by atoms with Crippen LogP contribution in [0.3, 0.4) is 0 Å². The Labute approximate surface area is 75.4 Å². The Balaban J connectivity index is 2.12. The Morgan fingerprint density at radius 3 is 2.50 bits per heavy atom. The number of nitrogens with one attached hydrogen (secondary N) is 1. The molecule has 12 heavy (non-hydrogen) atoms. The lowest BCUT2D eigenvalue weighted by molar-refractivity contribution is 0.0365. The molecule has 2 N–H and O–H groups in total. The first kappa shape index (κ1) is 10.0. The van der Waals surface area contributed by atoms with Gasteiger partial charge < -0.3 is 10.4 Å². The van der Waals surface area contributed by atoms with Crippen LogP contribution in [-0.4, -0.2) is 23.8 Å². The van der Waals surface area contributed by atoms with E-state index in [4.69, 9.17) is 0 Å². The lowest BCUT2D eigenvalue weighted by atomic mass is 10.0. The molecule has 0 aliphatic heterocycles. The monoisotopic (exact) mass is 171 g/mol. The van der Waals surface area contributed by atoms with Crippen molar-refractivity contribution in [2.45, 2.75) is 39.2 Å². The molecular weight excluding hydrogens is 150 g/mol. The van der Waals surface area contributed by atoms with E-state index in [2.05, 4.69) is 19.2 Å². The van der Waals surface area contributed by atoms with Crippen LogP contribution in [0.15, 0.2) is 0 Å². The zero-order chi connectivity index (χ0) is 9.19. The summed E-state index contributed by atoms with van der Waals surface area (Å²) in [4.78, 5) is 0. The SMILES string of the molecule is CC(C)CNCC(C)(O)C1CC1. The summed E-state index contributed by atoms with van der Waals surface area (Å²) in [5.74, 6) is 1.22. The smallest absolute Gasteiger partial charge is 0.0771 e. The minimum Gasteiger partial charge on any atom is -0.389 e. The fourth-order valence-corrected chi connectivity index (χ4v) is 1.46. The van der Waals surface area contributed by atoms with Crippen LogP contribution in [0.1, 0.15) is 33.6 Å². The molecule has 1 aliphatic rings. The molecular formula is C10H21NO. The minimum atomic E-state index is -0.463. The highest BCUT2D eigenvalue weighted by atomic mass is 16.3. The average molecular weight is 171 g/mol. The van der Waals surface area contributed by atoms with Crippen LogP contribution in [0.2, 0.25) is 0 Å². The van der Waals surface area contributed by atoms with Gasteiger partial charge in [0.15, 0.2) is 0 Å². The van der Waals surface area contributed by atoms with Crippen molar-refractivity contribution >= 4 is 0 Å². The van der Waals surface area contributed by atoms with E-state index in [1.54, 1.807) is 0 Å². The maximum Gasteiger partial charge on any atom is 0.0771 e. The van der Waals surface area contributed by atoms with Crippen molar-refractivity contribution in [3.63, 3.8) is 0 Å². The van der Waals surface area contributed by atoms with E-state index in [1.165, 1.54) is 12.8 Å². The Bertz CT molecular complexity index is 139.